The highest BCUT2D eigenvalue weighted by Crippen LogP contribution is 2.46. The molecule has 0 amide bonds. The lowest BCUT2D eigenvalue weighted by Gasteiger charge is -2.27. The zero-order valence-electron chi connectivity index (χ0n) is 14.1. The van der Waals surface area contributed by atoms with E-state index in [0.717, 1.165) is 22.3 Å². The van der Waals surface area contributed by atoms with Gasteiger partial charge in [0.1, 0.15) is 23.0 Å². The minimum absolute atomic E-state index is 0.597. The first-order valence-corrected chi connectivity index (χ1v) is 8.72. The van der Waals surface area contributed by atoms with Crippen LogP contribution >= 0.6 is 0 Å². The summed E-state index contributed by atoms with van der Waals surface area (Å²) >= 11 is 0. The number of hydrogen-bond donors (Lipinski definition) is 0. The van der Waals surface area contributed by atoms with Crippen LogP contribution in [0.2, 0.25) is 0 Å². The lowest BCUT2D eigenvalue weighted by Crippen LogP contribution is -2.54. The van der Waals surface area contributed by atoms with Gasteiger partial charge in [0.2, 0.25) is 0 Å². The van der Waals surface area contributed by atoms with Gasteiger partial charge in [-0.2, -0.15) is 0 Å². The minimum Gasteiger partial charge on any atom is -0.609 e. The van der Waals surface area contributed by atoms with Crippen molar-refractivity contribution in [2.24, 2.45) is 0 Å². The molecule has 0 N–H and O–H groups in total. The number of benzene rings is 2. The van der Waals surface area contributed by atoms with E-state index in [1.165, 1.54) is 0 Å². The minimum atomic E-state index is -2.38. The van der Waals surface area contributed by atoms with Crippen LogP contribution in [0.15, 0.2) is 84.3 Å². The second-order valence-corrected chi connectivity index (χ2v) is 6.54. The molecule has 0 unspecified atom stereocenters. The largest absolute Gasteiger partial charge is 0.777 e. The third-order valence-electron chi connectivity index (χ3n) is 4.79. The Morgan fingerprint density at radius 2 is 1.07 bits per heavy atom. The van der Waals surface area contributed by atoms with Gasteiger partial charge in [0.05, 0.1) is 0 Å². The first-order valence-electron chi connectivity index (χ1n) is 8.72. The van der Waals surface area contributed by atoms with E-state index >= 15 is 0 Å². The van der Waals surface area contributed by atoms with Gasteiger partial charge >= 0.3 is 6.96 Å². The smallest absolute Gasteiger partial charge is 0.609 e. The van der Waals surface area contributed by atoms with Crippen molar-refractivity contribution in [1.29, 1.82) is 0 Å². The van der Waals surface area contributed by atoms with E-state index in [1.807, 2.05) is 72.9 Å². The maximum atomic E-state index is 5.98. The molecular formula is C22H12BO4-. The molecule has 0 saturated heterocycles. The van der Waals surface area contributed by atoms with E-state index in [4.69, 9.17) is 18.6 Å². The fourth-order valence-electron chi connectivity index (χ4n) is 3.52. The number of allylic oxidation sites excluding steroid dienone is 6. The zero-order valence-corrected chi connectivity index (χ0v) is 14.1. The van der Waals surface area contributed by atoms with Gasteiger partial charge in [-0.3, -0.25) is 0 Å². The van der Waals surface area contributed by atoms with E-state index in [1.54, 1.807) is 0 Å². The van der Waals surface area contributed by atoms with Crippen LogP contribution in [0.25, 0.3) is 11.1 Å². The predicted octanol–water partition coefficient (Wildman–Crippen LogP) is 4.58. The summed E-state index contributed by atoms with van der Waals surface area (Å²) in [5, 5.41) is 0. The zero-order chi connectivity index (χ0) is 17.8. The Hall–Kier alpha value is -3.78. The number of hydrogen-bond acceptors (Lipinski definition) is 4. The molecule has 2 aliphatic heterocycles. The molecule has 4 aliphatic rings. The van der Waals surface area contributed by atoms with Crippen molar-refractivity contribution < 1.29 is 18.6 Å². The van der Waals surface area contributed by atoms with Crippen LogP contribution in [0, 0.1) is 0 Å². The van der Waals surface area contributed by atoms with Gasteiger partial charge < -0.3 is 18.6 Å². The Kier molecular flexibility index (Phi) is 2.73. The van der Waals surface area contributed by atoms with Gasteiger partial charge in [-0.15, -0.1) is 11.5 Å². The molecule has 0 saturated carbocycles. The van der Waals surface area contributed by atoms with E-state index in [9.17, 15) is 0 Å². The molecule has 2 aromatic rings. The van der Waals surface area contributed by atoms with Crippen LogP contribution in [0.5, 0.6) is 23.0 Å². The Bertz CT molecular complexity index is 1110. The Labute approximate surface area is 155 Å². The maximum absolute atomic E-state index is 5.98. The second-order valence-electron chi connectivity index (χ2n) is 6.54. The van der Waals surface area contributed by atoms with Gasteiger partial charge in [-0.1, -0.05) is 12.2 Å². The number of rotatable bonds is 2. The summed E-state index contributed by atoms with van der Waals surface area (Å²) in [6, 6.07) is 11.5. The molecule has 0 aromatic heterocycles. The van der Waals surface area contributed by atoms with E-state index in [-0.39, 0.29) is 0 Å². The summed E-state index contributed by atoms with van der Waals surface area (Å²) in [6.45, 7) is -2.38. The normalized spacial score (nSPS) is 18.5. The lowest BCUT2D eigenvalue weighted by atomic mass is 10.1. The molecule has 0 bridgehead atoms. The average molecular weight is 351 g/mol. The van der Waals surface area contributed by atoms with Crippen LogP contribution in [0.4, 0.5) is 0 Å². The molecular weight excluding hydrogens is 339 g/mol. The summed E-state index contributed by atoms with van der Waals surface area (Å²) in [6.07, 6.45) is 11.7. The molecule has 0 fully saturated rings. The van der Waals surface area contributed by atoms with Crippen LogP contribution in [-0.4, -0.2) is 6.96 Å². The van der Waals surface area contributed by atoms with Crippen LogP contribution in [0.1, 0.15) is 11.1 Å². The summed E-state index contributed by atoms with van der Waals surface area (Å²) in [5.41, 5.74) is 10.4. The van der Waals surface area contributed by atoms with Crippen molar-refractivity contribution >= 4 is 18.1 Å². The standard InChI is InChI=1S/C22H12BO4/c1-2-6-15(5-1)17-9-11-19-21(13-17)26-23(24-19)25-20-12-10-18(14-22(20)27-23)16-7-3-4-8-16/h1-5,7,9-14H/q-1. The van der Waals surface area contributed by atoms with Gasteiger partial charge in [0.15, 0.2) is 0 Å². The Morgan fingerprint density at radius 3 is 1.52 bits per heavy atom. The number of fused-ring (bicyclic) bond motifs is 2. The quantitative estimate of drug-likeness (QED) is 0.586. The fraction of sp³-hybridized carbons (Fsp3) is 0. The van der Waals surface area contributed by atoms with Crippen LogP contribution in [0.3, 0.4) is 0 Å². The van der Waals surface area contributed by atoms with E-state index < -0.39 is 6.96 Å². The topological polar surface area (TPSA) is 36.9 Å². The monoisotopic (exact) mass is 351 g/mol. The second kappa shape index (κ2) is 5.12. The molecule has 0 atom stereocenters. The third kappa shape index (κ3) is 2.20. The van der Waals surface area contributed by atoms with Gasteiger partial charge in [-0.25, -0.2) is 0 Å². The maximum Gasteiger partial charge on any atom is 0.777 e. The van der Waals surface area contributed by atoms with Crippen molar-refractivity contribution in [2.75, 3.05) is 0 Å². The summed E-state index contributed by atoms with van der Waals surface area (Å²) < 4.78 is 23.8. The predicted molar refractivity (Wildman–Crippen MR) is 102 cm³/mol. The average Bonchev–Trinajstić information content (AvgIpc) is 3.45. The molecule has 2 aromatic carbocycles. The van der Waals surface area contributed by atoms with E-state index in [2.05, 4.69) is 11.5 Å². The summed E-state index contributed by atoms with van der Waals surface area (Å²) in [4.78, 5) is 0. The summed E-state index contributed by atoms with van der Waals surface area (Å²) in [5.74, 6) is 2.39. The molecule has 5 heteroatoms. The van der Waals surface area contributed by atoms with E-state index in [0.29, 0.717) is 23.0 Å². The highest BCUT2D eigenvalue weighted by molar-refractivity contribution is 6.59. The Balaban J connectivity index is 1.31. The SMILES string of the molecule is C1=CC=CC=1c1ccc2c(c1)O[B-]1(O2)Oc2ccc(C3=C=CC=C3)cc2O1. The van der Waals surface area contributed by atoms with Crippen LogP contribution in [-0.2, 0) is 0 Å². The highest BCUT2D eigenvalue weighted by atomic mass is 16.9. The molecule has 27 heavy (non-hydrogen) atoms. The molecule has 0 radical (unpaired) electrons. The molecule has 2 heterocycles. The summed E-state index contributed by atoms with van der Waals surface area (Å²) in [7, 11) is 0. The molecule has 4 nitrogen and oxygen atoms in total. The van der Waals surface area contributed by atoms with Crippen molar-refractivity contribution in [3.8, 4) is 23.0 Å². The fourth-order valence-corrected chi connectivity index (χ4v) is 3.52. The van der Waals surface area contributed by atoms with Gasteiger partial charge in [0, 0.05) is 11.1 Å². The molecule has 1 spiro atoms. The third-order valence-corrected chi connectivity index (χ3v) is 4.79. The van der Waals surface area contributed by atoms with Crippen molar-refractivity contribution in [3.63, 3.8) is 0 Å². The highest BCUT2D eigenvalue weighted by Gasteiger charge is 2.51. The first kappa shape index (κ1) is 14.4. The van der Waals surface area contributed by atoms with Gasteiger partial charge in [-0.05, 0) is 71.8 Å². The molecule has 128 valence electrons. The van der Waals surface area contributed by atoms with Crippen LogP contribution < -0.4 is 18.6 Å². The van der Waals surface area contributed by atoms with Crippen molar-refractivity contribution in [2.45, 2.75) is 0 Å². The lowest BCUT2D eigenvalue weighted by molar-refractivity contribution is 0.224. The van der Waals surface area contributed by atoms with Crippen molar-refractivity contribution in [3.05, 3.63) is 95.4 Å². The van der Waals surface area contributed by atoms with Crippen molar-refractivity contribution in [1.82, 2.24) is 0 Å². The Morgan fingerprint density at radius 1 is 0.593 bits per heavy atom. The van der Waals surface area contributed by atoms with Gasteiger partial charge in [0.25, 0.3) is 0 Å². The molecule has 2 aliphatic carbocycles. The molecule has 6 rings (SSSR count). The first-order chi connectivity index (χ1) is 13.3.